The van der Waals surface area contributed by atoms with E-state index in [2.05, 4.69) is 38.0 Å². The summed E-state index contributed by atoms with van der Waals surface area (Å²) in [6.07, 6.45) is 5.81. The molecule has 0 N–H and O–H groups in total. The van der Waals surface area contributed by atoms with E-state index in [1.807, 2.05) is 16.8 Å². The van der Waals surface area contributed by atoms with Gasteiger partial charge in [-0.1, -0.05) is 0 Å². The summed E-state index contributed by atoms with van der Waals surface area (Å²) in [7, 11) is 2.20. The maximum absolute atomic E-state index is 4.43. The second kappa shape index (κ2) is 4.71. The van der Waals surface area contributed by atoms with E-state index in [1.165, 1.54) is 31.9 Å². The fourth-order valence-electron chi connectivity index (χ4n) is 3.05. The predicted molar refractivity (Wildman–Crippen MR) is 78.1 cm³/mol. The van der Waals surface area contributed by atoms with Crippen LogP contribution in [0, 0.1) is 0 Å². The Morgan fingerprint density at radius 3 is 2.75 bits per heavy atom. The van der Waals surface area contributed by atoms with Crippen molar-refractivity contribution in [2.24, 2.45) is 0 Å². The zero-order valence-electron chi connectivity index (χ0n) is 11.8. The second-order valence-corrected chi connectivity index (χ2v) is 5.84. The third-order valence-corrected chi connectivity index (χ3v) is 4.51. The first-order chi connectivity index (χ1) is 9.79. The van der Waals surface area contributed by atoms with Crippen LogP contribution in [0.2, 0.25) is 0 Å². The summed E-state index contributed by atoms with van der Waals surface area (Å²) in [5.74, 6) is 0. The minimum absolute atomic E-state index is 0.706. The van der Waals surface area contributed by atoms with E-state index in [1.54, 1.807) is 6.20 Å². The zero-order valence-corrected chi connectivity index (χ0v) is 11.8. The molecule has 2 aromatic heterocycles. The molecule has 0 amide bonds. The fraction of sp³-hybridized carbons (Fsp3) is 0.571. The van der Waals surface area contributed by atoms with Crippen LogP contribution in [-0.4, -0.2) is 76.8 Å². The predicted octanol–water partition coefficient (Wildman–Crippen LogP) is 0.165. The molecular weight excluding hydrogens is 252 g/mol. The summed E-state index contributed by atoms with van der Waals surface area (Å²) in [5.41, 5.74) is 2.08. The minimum atomic E-state index is 0.706. The highest BCUT2D eigenvalue weighted by Gasteiger charge is 2.33. The third-order valence-electron chi connectivity index (χ3n) is 4.51. The molecule has 0 aromatic carbocycles. The first-order valence-corrected chi connectivity index (χ1v) is 7.26. The lowest BCUT2D eigenvalue weighted by molar-refractivity contribution is 0.0963. The van der Waals surface area contributed by atoms with E-state index >= 15 is 0 Å². The molecule has 0 aliphatic carbocycles. The molecule has 0 atom stereocenters. The third kappa shape index (κ3) is 2.05. The Morgan fingerprint density at radius 1 is 1.15 bits per heavy atom. The Kier molecular flexibility index (Phi) is 2.85. The molecule has 6 nitrogen and oxygen atoms in total. The van der Waals surface area contributed by atoms with Crippen LogP contribution in [0.5, 0.6) is 0 Å². The van der Waals surface area contributed by atoms with Gasteiger partial charge in [0, 0.05) is 51.4 Å². The normalized spacial score (nSPS) is 22.4. The number of nitrogens with zero attached hydrogens (tertiary/aromatic N) is 6. The van der Waals surface area contributed by atoms with Gasteiger partial charge >= 0.3 is 0 Å². The van der Waals surface area contributed by atoms with Gasteiger partial charge in [-0.2, -0.15) is 5.10 Å². The Morgan fingerprint density at radius 2 is 1.95 bits per heavy atom. The van der Waals surface area contributed by atoms with Gasteiger partial charge in [-0.25, -0.2) is 9.50 Å². The van der Waals surface area contributed by atoms with Gasteiger partial charge in [0.2, 0.25) is 0 Å². The fourth-order valence-corrected chi connectivity index (χ4v) is 3.05. The van der Waals surface area contributed by atoms with Crippen LogP contribution in [0.1, 0.15) is 0 Å². The van der Waals surface area contributed by atoms with Gasteiger partial charge in [0.25, 0.3) is 0 Å². The van der Waals surface area contributed by atoms with Crippen molar-refractivity contribution >= 4 is 11.3 Å². The van der Waals surface area contributed by atoms with Crippen molar-refractivity contribution < 1.29 is 0 Å². The molecule has 2 fully saturated rings. The van der Waals surface area contributed by atoms with E-state index in [4.69, 9.17) is 0 Å². The highest BCUT2D eigenvalue weighted by atomic mass is 15.4. The zero-order chi connectivity index (χ0) is 13.5. The number of likely N-dealkylation sites (N-methyl/N-ethyl adjacent to an activating group) is 1. The van der Waals surface area contributed by atoms with Crippen molar-refractivity contribution in [1.82, 2.24) is 24.4 Å². The van der Waals surface area contributed by atoms with Gasteiger partial charge in [0.1, 0.15) is 0 Å². The van der Waals surface area contributed by atoms with Crippen LogP contribution < -0.4 is 4.90 Å². The quantitative estimate of drug-likeness (QED) is 0.779. The lowest BCUT2D eigenvalue weighted by Crippen LogP contribution is -2.63. The number of rotatable bonds is 2. The Balaban J connectivity index is 1.40. The summed E-state index contributed by atoms with van der Waals surface area (Å²) >= 11 is 0. The van der Waals surface area contributed by atoms with Crippen LogP contribution in [-0.2, 0) is 0 Å². The number of aromatic nitrogens is 3. The molecule has 106 valence electrons. The highest BCUT2D eigenvalue weighted by Crippen LogP contribution is 2.23. The summed E-state index contributed by atoms with van der Waals surface area (Å²) in [6, 6.07) is 2.63. The lowest BCUT2D eigenvalue weighted by Gasteiger charge is -2.48. The molecule has 0 bridgehead atoms. The van der Waals surface area contributed by atoms with Crippen molar-refractivity contribution in [3.8, 4) is 0 Å². The molecule has 2 saturated heterocycles. The van der Waals surface area contributed by atoms with E-state index in [0.29, 0.717) is 6.04 Å². The molecule has 0 spiro atoms. The summed E-state index contributed by atoms with van der Waals surface area (Å²) < 4.78 is 1.85. The van der Waals surface area contributed by atoms with Gasteiger partial charge in [-0.3, -0.25) is 4.90 Å². The molecule has 6 heteroatoms. The monoisotopic (exact) mass is 272 g/mol. The van der Waals surface area contributed by atoms with Gasteiger partial charge < -0.3 is 9.80 Å². The van der Waals surface area contributed by atoms with E-state index in [9.17, 15) is 0 Å². The van der Waals surface area contributed by atoms with Crippen LogP contribution in [0.4, 0.5) is 5.69 Å². The van der Waals surface area contributed by atoms with E-state index in [-0.39, 0.29) is 0 Å². The van der Waals surface area contributed by atoms with Crippen molar-refractivity contribution in [1.29, 1.82) is 0 Å². The largest absolute Gasteiger partial charge is 0.366 e. The molecule has 0 radical (unpaired) electrons. The number of hydrogen-bond acceptors (Lipinski definition) is 5. The molecule has 0 unspecified atom stereocenters. The van der Waals surface area contributed by atoms with Crippen LogP contribution in [0.25, 0.3) is 5.65 Å². The molecule has 2 aromatic rings. The van der Waals surface area contributed by atoms with Crippen molar-refractivity contribution in [3.63, 3.8) is 0 Å². The number of fused-ring (bicyclic) bond motifs is 1. The van der Waals surface area contributed by atoms with Crippen LogP contribution >= 0.6 is 0 Å². The van der Waals surface area contributed by atoms with Crippen molar-refractivity contribution in [2.45, 2.75) is 6.04 Å². The van der Waals surface area contributed by atoms with Gasteiger partial charge in [-0.15, -0.1) is 0 Å². The summed E-state index contributed by atoms with van der Waals surface area (Å²) in [6.45, 7) is 7.00. The molecule has 4 rings (SSSR count). The smallest absolute Gasteiger partial charge is 0.155 e. The average Bonchev–Trinajstić information content (AvgIpc) is 2.87. The first kappa shape index (κ1) is 12.1. The maximum atomic E-state index is 4.43. The number of hydrogen-bond donors (Lipinski definition) is 0. The Hall–Kier alpha value is -1.66. The van der Waals surface area contributed by atoms with Crippen LogP contribution in [0.3, 0.4) is 0 Å². The highest BCUT2D eigenvalue weighted by molar-refractivity contribution is 5.50. The lowest BCUT2D eigenvalue weighted by atomic mass is 10.1. The minimum Gasteiger partial charge on any atom is -0.366 e. The van der Waals surface area contributed by atoms with Gasteiger partial charge in [0.05, 0.1) is 24.3 Å². The SMILES string of the molecule is CN1CCN(C2CN(c3cnc4ccnn4c3)C2)CC1. The van der Waals surface area contributed by atoms with E-state index < -0.39 is 0 Å². The molecule has 2 aliphatic rings. The second-order valence-electron chi connectivity index (χ2n) is 5.84. The maximum Gasteiger partial charge on any atom is 0.155 e. The molecule has 4 heterocycles. The standard InChI is InChI=1S/C14H20N6/c1-17-4-6-18(7-5-17)13-9-19(10-13)12-8-15-14-2-3-16-20(14)11-12/h2-3,8,11,13H,4-7,9-10H2,1H3. The van der Waals surface area contributed by atoms with Gasteiger partial charge in [-0.05, 0) is 7.05 Å². The molecule has 20 heavy (non-hydrogen) atoms. The first-order valence-electron chi connectivity index (χ1n) is 7.26. The Bertz CT molecular complexity index is 594. The Labute approximate surface area is 118 Å². The number of piperazine rings is 1. The topological polar surface area (TPSA) is 39.9 Å². The average molecular weight is 272 g/mol. The summed E-state index contributed by atoms with van der Waals surface area (Å²) in [5, 5.41) is 4.25. The van der Waals surface area contributed by atoms with Crippen LogP contribution in [0.15, 0.2) is 24.7 Å². The molecule has 0 saturated carbocycles. The van der Waals surface area contributed by atoms with Crippen molar-refractivity contribution in [3.05, 3.63) is 24.7 Å². The summed E-state index contributed by atoms with van der Waals surface area (Å²) in [4.78, 5) is 11.8. The number of anilines is 1. The van der Waals surface area contributed by atoms with Gasteiger partial charge in [0.15, 0.2) is 5.65 Å². The van der Waals surface area contributed by atoms with E-state index in [0.717, 1.165) is 18.7 Å². The molecular formula is C14H20N6. The molecule has 2 aliphatic heterocycles. The van der Waals surface area contributed by atoms with Crippen molar-refractivity contribution in [2.75, 3.05) is 51.2 Å².